The van der Waals surface area contributed by atoms with Crippen LogP contribution in [0.25, 0.3) is 0 Å². The summed E-state index contributed by atoms with van der Waals surface area (Å²) in [5.41, 5.74) is -1.48. The molecule has 2 unspecified atom stereocenters. The molecule has 128 valence electrons. The van der Waals surface area contributed by atoms with E-state index in [0.29, 0.717) is 12.8 Å². The summed E-state index contributed by atoms with van der Waals surface area (Å²) in [5, 5.41) is 0. The maximum absolute atomic E-state index is 13.3. The molecule has 0 aromatic heterocycles. The van der Waals surface area contributed by atoms with Crippen LogP contribution in [0.3, 0.4) is 0 Å². The van der Waals surface area contributed by atoms with Gasteiger partial charge in [0.25, 0.3) is 0 Å². The topological polar surface area (TPSA) is 26.3 Å². The monoisotopic (exact) mass is 328 g/mol. The van der Waals surface area contributed by atoms with Gasteiger partial charge in [0.05, 0.1) is 0 Å². The van der Waals surface area contributed by atoms with Crippen LogP contribution in [0.4, 0.5) is 13.2 Å². The van der Waals surface area contributed by atoms with E-state index in [1.54, 1.807) is 0 Å². The van der Waals surface area contributed by atoms with E-state index in [1.807, 2.05) is 31.2 Å². The molecule has 0 saturated carbocycles. The molecule has 0 amide bonds. The number of halogens is 3. The van der Waals surface area contributed by atoms with E-state index in [2.05, 4.69) is 0 Å². The van der Waals surface area contributed by atoms with Crippen LogP contribution >= 0.6 is 0 Å². The van der Waals surface area contributed by atoms with Crippen molar-refractivity contribution < 1.29 is 22.7 Å². The van der Waals surface area contributed by atoms with Crippen molar-refractivity contribution in [2.24, 2.45) is 5.41 Å². The smallest absolute Gasteiger partial charge is 0.404 e. The molecular formula is C18H23F3O2. The number of ether oxygens (including phenoxy) is 1. The predicted molar refractivity (Wildman–Crippen MR) is 81.9 cm³/mol. The molecule has 2 rings (SSSR count). The van der Waals surface area contributed by atoms with Crippen molar-refractivity contribution in [1.29, 1.82) is 0 Å². The molecule has 0 spiro atoms. The molecule has 5 heteroatoms. The van der Waals surface area contributed by atoms with Crippen molar-refractivity contribution in [2.45, 2.75) is 64.7 Å². The van der Waals surface area contributed by atoms with Gasteiger partial charge in [0, 0.05) is 0 Å². The number of hydrogen-bond donors (Lipinski definition) is 0. The lowest BCUT2D eigenvalue weighted by atomic mass is 9.85. The summed E-state index contributed by atoms with van der Waals surface area (Å²) >= 11 is 0. The van der Waals surface area contributed by atoms with Gasteiger partial charge in [-0.2, -0.15) is 13.2 Å². The van der Waals surface area contributed by atoms with Crippen LogP contribution in [-0.2, 0) is 21.6 Å². The highest BCUT2D eigenvalue weighted by Gasteiger charge is 2.58. The van der Waals surface area contributed by atoms with Crippen LogP contribution in [0.2, 0.25) is 0 Å². The van der Waals surface area contributed by atoms with E-state index in [9.17, 15) is 18.0 Å². The average molecular weight is 328 g/mol. The summed E-state index contributed by atoms with van der Waals surface area (Å²) in [5.74, 6) is -1.17. The van der Waals surface area contributed by atoms with Crippen molar-refractivity contribution in [3.63, 3.8) is 0 Å². The van der Waals surface area contributed by atoms with Crippen LogP contribution in [0.5, 0.6) is 0 Å². The summed E-state index contributed by atoms with van der Waals surface area (Å²) in [7, 11) is 0. The second-order valence-corrected chi connectivity index (χ2v) is 6.47. The van der Waals surface area contributed by atoms with E-state index in [-0.39, 0.29) is 6.42 Å². The number of hydrogen-bond acceptors (Lipinski definition) is 2. The van der Waals surface area contributed by atoms with Gasteiger partial charge in [-0.25, -0.2) is 0 Å². The fourth-order valence-corrected chi connectivity index (χ4v) is 3.23. The van der Waals surface area contributed by atoms with Crippen LogP contribution < -0.4 is 0 Å². The normalized spacial score (nSPS) is 23.2. The van der Waals surface area contributed by atoms with Crippen molar-refractivity contribution in [2.75, 3.05) is 0 Å². The van der Waals surface area contributed by atoms with E-state index in [1.165, 1.54) is 6.92 Å². The van der Waals surface area contributed by atoms with Gasteiger partial charge in [-0.05, 0) is 43.7 Å². The molecular weight excluding hydrogens is 305 g/mol. The van der Waals surface area contributed by atoms with Gasteiger partial charge in [-0.1, -0.05) is 44.5 Å². The second-order valence-electron chi connectivity index (χ2n) is 6.47. The van der Waals surface area contributed by atoms with E-state index in [4.69, 9.17) is 4.74 Å². The largest absolute Gasteiger partial charge is 0.453 e. The molecule has 23 heavy (non-hydrogen) atoms. The molecule has 0 bridgehead atoms. The third kappa shape index (κ3) is 2.98. The highest BCUT2D eigenvalue weighted by atomic mass is 19.4. The van der Waals surface area contributed by atoms with E-state index in [0.717, 1.165) is 30.9 Å². The van der Waals surface area contributed by atoms with E-state index >= 15 is 0 Å². The lowest BCUT2D eigenvalue weighted by molar-refractivity contribution is -0.239. The van der Waals surface area contributed by atoms with Crippen LogP contribution in [0.1, 0.15) is 57.6 Å². The maximum atomic E-state index is 13.3. The summed E-state index contributed by atoms with van der Waals surface area (Å²) in [4.78, 5) is 12.4. The first kappa shape index (κ1) is 17.8. The Morgan fingerprint density at radius 3 is 2.48 bits per heavy atom. The minimum Gasteiger partial charge on any atom is -0.453 e. The van der Waals surface area contributed by atoms with Gasteiger partial charge in [-0.3, -0.25) is 4.79 Å². The van der Waals surface area contributed by atoms with Gasteiger partial charge >= 0.3 is 12.1 Å². The SMILES string of the molecule is CCCC1(OC(=O)C(C)(CC)C(F)(F)F)CCc2ccccc21. The Balaban J connectivity index is 2.37. The van der Waals surface area contributed by atoms with Crippen LogP contribution in [-0.4, -0.2) is 12.1 Å². The molecule has 1 aromatic rings. The zero-order valence-electron chi connectivity index (χ0n) is 13.8. The molecule has 0 saturated heterocycles. The van der Waals surface area contributed by atoms with Crippen molar-refractivity contribution in [1.82, 2.24) is 0 Å². The average Bonchev–Trinajstić information content (AvgIpc) is 2.85. The summed E-state index contributed by atoms with van der Waals surface area (Å²) < 4.78 is 45.6. The standard InChI is InChI=1S/C18H23F3O2/c1-4-11-17(12-10-13-8-6-7-9-14(13)17)23-15(22)16(3,5-2)18(19,20)21/h6-9H,4-5,10-12H2,1-3H3. The van der Waals surface area contributed by atoms with E-state index < -0.39 is 23.2 Å². The fraction of sp³-hybridized carbons (Fsp3) is 0.611. The Morgan fingerprint density at radius 2 is 1.91 bits per heavy atom. The number of alkyl halides is 3. The van der Waals surface area contributed by atoms with Crippen LogP contribution in [0, 0.1) is 5.41 Å². The Hall–Kier alpha value is -1.52. The fourth-order valence-electron chi connectivity index (χ4n) is 3.23. The van der Waals surface area contributed by atoms with Gasteiger partial charge in [-0.15, -0.1) is 0 Å². The Kier molecular flexibility index (Phi) is 4.79. The minimum absolute atomic E-state index is 0.334. The minimum atomic E-state index is -4.62. The van der Waals surface area contributed by atoms with Crippen molar-refractivity contribution >= 4 is 5.97 Å². The molecule has 0 N–H and O–H groups in total. The third-order valence-electron chi connectivity index (χ3n) is 5.03. The number of esters is 1. The Morgan fingerprint density at radius 1 is 1.26 bits per heavy atom. The lowest BCUT2D eigenvalue weighted by Crippen LogP contribution is -2.46. The first-order valence-electron chi connectivity index (χ1n) is 8.09. The first-order valence-corrected chi connectivity index (χ1v) is 8.09. The first-order chi connectivity index (χ1) is 10.7. The summed E-state index contributed by atoms with van der Waals surface area (Å²) in [6, 6.07) is 7.55. The van der Waals surface area contributed by atoms with Crippen molar-refractivity contribution in [3.05, 3.63) is 35.4 Å². The highest BCUT2D eigenvalue weighted by Crippen LogP contribution is 2.48. The zero-order chi connectivity index (χ0) is 17.3. The summed E-state index contributed by atoms with van der Waals surface area (Å²) in [6.07, 6.45) is -2.42. The third-order valence-corrected chi connectivity index (χ3v) is 5.03. The quantitative estimate of drug-likeness (QED) is 0.699. The molecule has 2 nitrogen and oxygen atoms in total. The second kappa shape index (κ2) is 6.17. The Bertz CT molecular complexity index is 578. The van der Waals surface area contributed by atoms with Gasteiger partial charge < -0.3 is 4.74 Å². The number of rotatable bonds is 5. The molecule has 0 heterocycles. The van der Waals surface area contributed by atoms with Gasteiger partial charge in [0.1, 0.15) is 5.60 Å². The number of carbonyl (C=O) groups excluding carboxylic acids is 1. The number of aryl methyl sites for hydroxylation is 1. The molecule has 2 atom stereocenters. The molecule has 0 aliphatic heterocycles. The zero-order valence-corrected chi connectivity index (χ0v) is 13.8. The van der Waals surface area contributed by atoms with Crippen molar-refractivity contribution in [3.8, 4) is 0 Å². The lowest BCUT2D eigenvalue weighted by Gasteiger charge is -2.36. The molecule has 1 aliphatic carbocycles. The number of fused-ring (bicyclic) bond motifs is 1. The molecule has 1 aromatic carbocycles. The number of carbonyl (C=O) groups is 1. The van der Waals surface area contributed by atoms with Gasteiger partial charge in [0.2, 0.25) is 0 Å². The molecule has 0 fully saturated rings. The highest BCUT2D eigenvalue weighted by molar-refractivity contribution is 5.78. The Labute approximate surface area is 135 Å². The number of benzene rings is 1. The predicted octanol–water partition coefficient (Wildman–Crippen LogP) is 5.15. The van der Waals surface area contributed by atoms with Gasteiger partial charge in [0.15, 0.2) is 5.41 Å². The van der Waals surface area contributed by atoms with Crippen LogP contribution in [0.15, 0.2) is 24.3 Å². The maximum Gasteiger partial charge on any atom is 0.404 e. The molecule has 1 aliphatic rings. The molecule has 0 radical (unpaired) electrons. The summed E-state index contributed by atoms with van der Waals surface area (Å²) in [6.45, 7) is 4.24.